The fourth-order valence-electron chi connectivity index (χ4n) is 3.57. The molecule has 0 aliphatic carbocycles. The molecule has 0 saturated carbocycles. The molecule has 2 aliphatic heterocycles. The van der Waals surface area contributed by atoms with Crippen LogP contribution < -0.4 is 10.2 Å². The number of para-hydroxylation sites is 1. The van der Waals surface area contributed by atoms with Crippen molar-refractivity contribution in [1.29, 1.82) is 0 Å². The Bertz CT molecular complexity index is 711. The molecule has 1 N–H and O–H groups in total. The largest absolute Gasteiger partial charge is 0.368 e. The second kappa shape index (κ2) is 8.70. The maximum absolute atomic E-state index is 12.8. The highest BCUT2D eigenvalue weighted by atomic mass is 16.2. The fourth-order valence-corrected chi connectivity index (χ4v) is 3.57. The average molecular weight is 370 g/mol. The van der Waals surface area contributed by atoms with Crippen LogP contribution in [0.5, 0.6) is 0 Å². The summed E-state index contributed by atoms with van der Waals surface area (Å²) < 4.78 is 0. The molecule has 0 bridgehead atoms. The summed E-state index contributed by atoms with van der Waals surface area (Å²) in [5.74, 6) is -0.558. The molecule has 0 radical (unpaired) electrons. The highest BCUT2D eigenvalue weighted by Crippen LogP contribution is 2.17. The normalized spacial score (nSPS) is 20.7. The van der Waals surface area contributed by atoms with Crippen molar-refractivity contribution in [3.63, 3.8) is 0 Å². The van der Waals surface area contributed by atoms with Gasteiger partial charge >= 0.3 is 0 Å². The van der Waals surface area contributed by atoms with Gasteiger partial charge in [0, 0.05) is 45.0 Å². The first kappa shape index (κ1) is 18.9. The molecule has 7 nitrogen and oxygen atoms in total. The van der Waals surface area contributed by atoms with Crippen molar-refractivity contribution in [3.05, 3.63) is 42.5 Å². The van der Waals surface area contributed by atoms with E-state index >= 15 is 0 Å². The second-order valence-electron chi connectivity index (χ2n) is 6.75. The zero-order valence-electron chi connectivity index (χ0n) is 15.6. The van der Waals surface area contributed by atoms with Crippen LogP contribution in [0.3, 0.4) is 0 Å². The van der Waals surface area contributed by atoms with Crippen molar-refractivity contribution in [3.8, 4) is 0 Å². The number of carbonyl (C=O) groups is 3. The minimum absolute atomic E-state index is 0.0282. The predicted molar refractivity (Wildman–Crippen MR) is 103 cm³/mol. The standard InChI is InChI=1S/C20H26N4O3/c1-2-6-18(25)24-10-9-21-20(27)17(24)15-19(26)23-13-11-22(12-14-23)16-7-4-3-5-8-16/h2-8,17H,9-15H2,1H3,(H,21,27)/b6-2+. The lowest BCUT2D eigenvalue weighted by Gasteiger charge is -2.38. The van der Waals surface area contributed by atoms with E-state index in [-0.39, 0.29) is 24.1 Å². The van der Waals surface area contributed by atoms with Crippen LogP contribution in [0.15, 0.2) is 42.5 Å². The van der Waals surface area contributed by atoms with Gasteiger partial charge in [0.2, 0.25) is 17.7 Å². The van der Waals surface area contributed by atoms with Crippen LogP contribution in [-0.2, 0) is 14.4 Å². The minimum atomic E-state index is -0.734. The van der Waals surface area contributed by atoms with Crippen molar-refractivity contribution in [2.75, 3.05) is 44.2 Å². The zero-order chi connectivity index (χ0) is 19.2. The third-order valence-corrected chi connectivity index (χ3v) is 5.04. The smallest absolute Gasteiger partial charge is 0.246 e. The second-order valence-corrected chi connectivity index (χ2v) is 6.75. The summed E-state index contributed by atoms with van der Waals surface area (Å²) in [5, 5.41) is 2.76. The Morgan fingerprint density at radius 1 is 1.11 bits per heavy atom. The van der Waals surface area contributed by atoms with Crippen LogP contribution in [0.4, 0.5) is 5.69 Å². The van der Waals surface area contributed by atoms with Gasteiger partial charge in [-0.15, -0.1) is 0 Å². The number of piperazine rings is 2. The molecule has 3 amide bonds. The number of amides is 3. The van der Waals surface area contributed by atoms with Crippen molar-refractivity contribution in [1.82, 2.24) is 15.1 Å². The first-order chi connectivity index (χ1) is 13.1. The van der Waals surface area contributed by atoms with Crippen LogP contribution in [0.1, 0.15) is 13.3 Å². The van der Waals surface area contributed by atoms with E-state index in [1.807, 2.05) is 18.2 Å². The Labute approximate surface area is 159 Å². The first-order valence-corrected chi connectivity index (χ1v) is 9.39. The van der Waals surface area contributed by atoms with E-state index in [1.165, 1.54) is 11.0 Å². The van der Waals surface area contributed by atoms with E-state index in [9.17, 15) is 14.4 Å². The van der Waals surface area contributed by atoms with Gasteiger partial charge in [-0.25, -0.2) is 0 Å². The van der Waals surface area contributed by atoms with Crippen LogP contribution in [0.2, 0.25) is 0 Å². The molecule has 1 atom stereocenters. The van der Waals surface area contributed by atoms with Crippen molar-refractivity contribution in [2.45, 2.75) is 19.4 Å². The topological polar surface area (TPSA) is 73.0 Å². The van der Waals surface area contributed by atoms with Crippen molar-refractivity contribution >= 4 is 23.4 Å². The molecule has 27 heavy (non-hydrogen) atoms. The average Bonchev–Trinajstić information content (AvgIpc) is 2.70. The lowest BCUT2D eigenvalue weighted by Crippen LogP contribution is -2.59. The Morgan fingerprint density at radius 3 is 2.48 bits per heavy atom. The number of rotatable bonds is 4. The molecule has 0 aromatic heterocycles. The van der Waals surface area contributed by atoms with Crippen molar-refractivity contribution in [2.24, 2.45) is 0 Å². The van der Waals surface area contributed by atoms with Gasteiger partial charge in [0.05, 0.1) is 6.42 Å². The van der Waals surface area contributed by atoms with E-state index < -0.39 is 6.04 Å². The lowest BCUT2D eigenvalue weighted by atomic mass is 10.1. The molecule has 7 heteroatoms. The van der Waals surface area contributed by atoms with Gasteiger partial charge in [0.1, 0.15) is 6.04 Å². The van der Waals surface area contributed by atoms with Crippen LogP contribution >= 0.6 is 0 Å². The first-order valence-electron chi connectivity index (χ1n) is 9.39. The van der Waals surface area contributed by atoms with Gasteiger partial charge in [-0.05, 0) is 25.1 Å². The van der Waals surface area contributed by atoms with E-state index in [0.717, 1.165) is 18.8 Å². The molecular weight excluding hydrogens is 344 g/mol. The predicted octanol–water partition coefficient (Wildman–Crippen LogP) is 0.628. The van der Waals surface area contributed by atoms with E-state index in [4.69, 9.17) is 0 Å². The Hall–Kier alpha value is -2.83. The SMILES string of the molecule is C/C=C/C(=O)N1CCNC(=O)C1CC(=O)N1CCN(c2ccccc2)CC1. The Balaban J connectivity index is 1.59. The number of nitrogens with zero attached hydrogens (tertiary/aromatic N) is 3. The summed E-state index contributed by atoms with van der Waals surface area (Å²) in [6, 6.07) is 9.39. The highest BCUT2D eigenvalue weighted by Gasteiger charge is 2.35. The third kappa shape index (κ3) is 4.48. The number of nitrogens with one attached hydrogen (secondary N) is 1. The number of carbonyl (C=O) groups excluding carboxylic acids is 3. The van der Waals surface area contributed by atoms with Crippen molar-refractivity contribution < 1.29 is 14.4 Å². The molecule has 2 saturated heterocycles. The number of anilines is 1. The van der Waals surface area contributed by atoms with E-state index in [0.29, 0.717) is 26.2 Å². The zero-order valence-corrected chi connectivity index (χ0v) is 15.6. The Kier molecular flexibility index (Phi) is 6.11. The number of allylic oxidation sites excluding steroid dienone is 1. The maximum Gasteiger partial charge on any atom is 0.246 e. The van der Waals surface area contributed by atoms with Gasteiger partial charge in [0.15, 0.2) is 0 Å². The van der Waals surface area contributed by atoms with Gasteiger partial charge in [-0.2, -0.15) is 0 Å². The van der Waals surface area contributed by atoms with E-state index in [1.54, 1.807) is 17.9 Å². The Morgan fingerprint density at radius 2 is 1.81 bits per heavy atom. The third-order valence-electron chi connectivity index (χ3n) is 5.04. The molecule has 2 fully saturated rings. The molecular formula is C20H26N4O3. The summed E-state index contributed by atoms with van der Waals surface area (Å²) >= 11 is 0. The summed E-state index contributed by atoms with van der Waals surface area (Å²) in [4.78, 5) is 42.8. The molecule has 144 valence electrons. The van der Waals surface area contributed by atoms with Crippen LogP contribution in [-0.4, -0.2) is 72.8 Å². The molecule has 0 spiro atoms. The summed E-state index contributed by atoms with van der Waals surface area (Å²) in [6.07, 6.45) is 3.12. The summed E-state index contributed by atoms with van der Waals surface area (Å²) in [5.41, 5.74) is 1.15. The minimum Gasteiger partial charge on any atom is -0.368 e. The van der Waals surface area contributed by atoms with Crippen LogP contribution in [0.25, 0.3) is 0 Å². The summed E-state index contributed by atoms with van der Waals surface area (Å²) in [6.45, 7) is 5.35. The van der Waals surface area contributed by atoms with E-state index in [2.05, 4.69) is 22.3 Å². The fraction of sp³-hybridized carbons (Fsp3) is 0.450. The quantitative estimate of drug-likeness (QED) is 0.789. The van der Waals surface area contributed by atoms with Crippen LogP contribution in [0, 0.1) is 0 Å². The van der Waals surface area contributed by atoms with Gasteiger partial charge in [-0.3, -0.25) is 14.4 Å². The monoisotopic (exact) mass is 370 g/mol. The molecule has 1 aromatic carbocycles. The number of hydrogen-bond acceptors (Lipinski definition) is 4. The molecule has 1 aromatic rings. The highest BCUT2D eigenvalue weighted by molar-refractivity contribution is 5.96. The number of benzene rings is 1. The van der Waals surface area contributed by atoms with Gasteiger partial charge in [-0.1, -0.05) is 24.3 Å². The lowest BCUT2D eigenvalue weighted by molar-refractivity contribution is -0.144. The molecule has 1 unspecified atom stereocenters. The molecule has 3 rings (SSSR count). The van der Waals surface area contributed by atoms with Gasteiger partial charge in [0.25, 0.3) is 0 Å². The molecule has 2 heterocycles. The molecule has 2 aliphatic rings. The van der Waals surface area contributed by atoms with Gasteiger partial charge < -0.3 is 20.0 Å². The summed E-state index contributed by atoms with van der Waals surface area (Å²) in [7, 11) is 0. The number of hydrogen-bond donors (Lipinski definition) is 1. The maximum atomic E-state index is 12.8.